The summed E-state index contributed by atoms with van der Waals surface area (Å²) in [4.78, 5) is 16.2. The highest BCUT2D eigenvalue weighted by Gasteiger charge is 2.12. The van der Waals surface area contributed by atoms with Crippen molar-refractivity contribution in [1.29, 1.82) is 0 Å². The molecule has 0 atom stereocenters. The van der Waals surface area contributed by atoms with E-state index in [-0.39, 0.29) is 24.0 Å². The number of halogens is 1. The van der Waals surface area contributed by atoms with Gasteiger partial charge in [0.1, 0.15) is 18.0 Å². The van der Waals surface area contributed by atoms with Gasteiger partial charge in [-0.25, -0.2) is 4.39 Å². The molecule has 3 rings (SSSR count). The number of ether oxygens (including phenoxy) is 1. The van der Waals surface area contributed by atoms with E-state index in [0.717, 1.165) is 11.3 Å². The van der Waals surface area contributed by atoms with E-state index in [4.69, 9.17) is 9.26 Å². The van der Waals surface area contributed by atoms with Crippen LogP contribution in [0.3, 0.4) is 0 Å². The molecule has 3 aromatic rings. The molecule has 0 aliphatic heterocycles. The van der Waals surface area contributed by atoms with Gasteiger partial charge in [0, 0.05) is 12.1 Å². The van der Waals surface area contributed by atoms with Crippen molar-refractivity contribution in [2.45, 2.75) is 12.8 Å². The molecule has 26 heavy (non-hydrogen) atoms. The Hall–Kier alpha value is -3.22. The quantitative estimate of drug-likeness (QED) is 0.705. The minimum absolute atomic E-state index is 0.0274. The first kappa shape index (κ1) is 17.6. The second kappa shape index (κ2) is 8.24. The van der Waals surface area contributed by atoms with Crippen molar-refractivity contribution in [3.8, 4) is 17.1 Å². The Morgan fingerprint density at radius 3 is 2.69 bits per heavy atom. The van der Waals surface area contributed by atoms with Crippen LogP contribution in [0.1, 0.15) is 11.5 Å². The van der Waals surface area contributed by atoms with Crippen LogP contribution in [0.4, 0.5) is 4.39 Å². The van der Waals surface area contributed by atoms with E-state index in [0.29, 0.717) is 24.4 Å². The zero-order valence-corrected chi connectivity index (χ0v) is 14.2. The standard InChI is InChI=1S/C19H18FN3O3/c1-25-15-8-6-14(7-9-15)19-22-18(26-23-19)12-17(24)21-11-10-13-4-2-3-5-16(13)20/h2-9H,10-12H2,1H3,(H,21,24). The van der Waals surface area contributed by atoms with Crippen molar-refractivity contribution in [3.63, 3.8) is 0 Å². The maximum absolute atomic E-state index is 13.5. The molecule has 1 heterocycles. The molecule has 0 radical (unpaired) electrons. The van der Waals surface area contributed by atoms with Gasteiger partial charge in [0.2, 0.25) is 17.6 Å². The lowest BCUT2D eigenvalue weighted by atomic mass is 10.1. The summed E-state index contributed by atoms with van der Waals surface area (Å²) in [7, 11) is 1.59. The molecule has 1 aromatic heterocycles. The van der Waals surface area contributed by atoms with E-state index in [9.17, 15) is 9.18 Å². The Morgan fingerprint density at radius 1 is 1.19 bits per heavy atom. The molecule has 0 unspecified atom stereocenters. The summed E-state index contributed by atoms with van der Waals surface area (Å²) >= 11 is 0. The first-order valence-electron chi connectivity index (χ1n) is 8.13. The summed E-state index contributed by atoms with van der Waals surface area (Å²) in [5, 5.41) is 6.60. The molecule has 134 valence electrons. The molecular formula is C19H18FN3O3. The summed E-state index contributed by atoms with van der Waals surface area (Å²) in [5.41, 5.74) is 1.33. The van der Waals surface area contributed by atoms with Gasteiger partial charge in [0.15, 0.2) is 0 Å². The van der Waals surface area contributed by atoms with Gasteiger partial charge in [0.25, 0.3) is 0 Å². The molecule has 0 fully saturated rings. The number of benzene rings is 2. The van der Waals surface area contributed by atoms with Crippen LogP contribution in [0.5, 0.6) is 5.75 Å². The summed E-state index contributed by atoms with van der Waals surface area (Å²) < 4.78 is 23.7. The maximum atomic E-state index is 13.5. The minimum Gasteiger partial charge on any atom is -0.497 e. The number of nitrogens with zero attached hydrogens (tertiary/aromatic N) is 2. The third-order valence-electron chi connectivity index (χ3n) is 3.80. The highest BCUT2D eigenvalue weighted by molar-refractivity contribution is 5.77. The van der Waals surface area contributed by atoms with Crippen molar-refractivity contribution in [1.82, 2.24) is 15.5 Å². The van der Waals surface area contributed by atoms with Crippen molar-refractivity contribution in [3.05, 3.63) is 65.8 Å². The Bertz CT molecular complexity index is 878. The molecule has 0 bridgehead atoms. The molecule has 0 saturated heterocycles. The third-order valence-corrected chi connectivity index (χ3v) is 3.80. The lowest BCUT2D eigenvalue weighted by Gasteiger charge is -2.04. The average Bonchev–Trinajstić information content (AvgIpc) is 3.12. The molecule has 0 saturated carbocycles. The minimum atomic E-state index is -0.275. The summed E-state index contributed by atoms with van der Waals surface area (Å²) in [6, 6.07) is 13.7. The molecule has 0 aliphatic rings. The van der Waals surface area contributed by atoms with Gasteiger partial charge in [-0.3, -0.25) is 4.79 Å². The summed E-state index contributed by atoms with van der Waals surface area (Å²) in [5.74, 6) is 0.821. The first-order valence-corrected chi connectivity index (χ1v) is 8.13. The van der Waals surface area contributed by atoms with E-state index in [2.05, 4.69) is 15.5 Å². The topological polar surface area (TPSA) is 77.2 Å². The van der Waals surface area contributed by atoms with E-state index < -0.39 is 0 Å². The highest BCUT2D eigenvalue weighted by atomic mass is 19.1. The Kier molecular flexibility index (Phi) is 5.58. The number of amides is 1. The number of methoxy groups -OCH3 is 1. The number of hydrogen-bond donors (Lipinski definition) is 1. The van der Waals surface area contributed by atoms with Crippen LogP contribution < -0.4 is 10.1 Å². The Labute approximate surface area is 150 Å². The van der Waals surface area contributed by atoms with Crippen LogP contribution in [-0.2, 0) is 17.6 Å². The smallest absolute Gasteiger partial charge is 0.236 e. The van der Waals surface area contributed by atoms with Crippen molar-refractivity contribution in [2.75, 3.05) is 13.7 Å². The largest absolute Gasteiger partial charge is 0.497 e. The number of nitrogens with one attached hydrogen (secondary N) is 1. The zero-order chi connectivity index (χ0) is 18.4. The van der Waals surface area contributed by atoms with Gasteiger partial charge in [0.05, 0.1) is 7.11 Å². The maximum Gasteiger partial charge on any atom is 0.236 e. The van der Waals surface area contributed by atoms with Gasteiger partial charge < -0.3 is 14.6 Å². The molecule has 7 heteroatoms. The molecular weight excluding hydrogens is 337 g/mol. The highest BCUT2D eigenvalue weighted by Crippen LogP contribution is 2.19. The van der Waals surface area contributed by atoms with Crippen molar-refractivity contribution in [2.24, 2.45) is 0 Å². The zero-order valence-electron chi connectivity index (χ0n) is 14.2. The van der Waals surface area contributed by atoms with Crippen LogP contribution in [0.15, 0.2) is 53.1 Å². The van der Waals surface area contributed by atoms with E-state index >= 15 is 0 Å². The molecule has 0 spiro atoms. The average molecular weight is 355 g/mol. The second-order valence-electron chi connectivity index (χ2n) is 5.61. The lowest BCUT2D eigenvalue weighted by molar-refractivity contribution is -0.120. The molecule has 2 aromatic carbocycles. The Morgan fingerprint density at radius 2 is 1.96 bits per heavy atom. The monoisotopic (exact) mass is 355 g/mol. The van der Waals surface area contributed by atoms with E-state index in [1.54, 1.807) is 37.4 Å². The molecule has 6 nitrogen and oxygen atoms in total. The number of aromatic nitrogens is 2. The predicted molar refractivity (Wildman–Crippen MR) is 93.1 cm³/mol. The van der Waals surface area contributed by atoms with Gasteiger partial charge in [-0.15, -0.1) is 0 Å². The first-order chi connectivity index (χ1) is 12.7. The van der Waals surface area contributed by atoms with Crippen LogP contribution >= 0.6 is 0 Å². The van der Waals surface area contributed by atoms with Crippen LogP contribution in [-0.4, -0.2) is 29.7 Å². The lowest BCUT2D eigenvalue weighted by Crippen LogP contribution is -2.27. The van der Waals surface area contributed by atoms with Crippen LogP contribution in [0, 0.1) is 5.82 Å². The number of carbonyl (C=O) groups excluding carboxylic acids is 1. The van der Waals surface area contributed by atoms with Gasteiger partial charge in [-0.05, 0) is 42.3 Å². The van der Waals surface area contributed by atoms with Gasteiger partial charge in [-0.1, -0.05) is 23.4 Å². The molecule has 0 aliphatic carbocycles. The predicted octanol–water partition coefficient (Wildman–Crippen LogP) is 2.79. The fraction of sp³-hybridized carbons (Fsp3) is 0.211. The second-order valence-corrected chi connectivity index (χ2v) is 5.61. The van der Waals surface area contributed by atoms with E-state index in [1.165, 1.54) is 6.07 Å². The van der Waals surface area contributed by atoms with Gasteiger partial charge >= 0.3 is 0 Å². The molecule has 1 amide bonds. The Balaban J connectivity index is 1.51. The van der Waals surface area contributed by atoms with Crippen LogP contribution in [0.25, 0.3) is 11.4 Å². The van der Waals surface area contributed by atoms with E-state index in [1.807, 2.05) is 12.1 Å². The number of hydrogen-bond acceptors (Lipinski definition) is 5. The number of rotatable bonds is 7. The van der Waals surface area contributed by atoms with Crippen molar-refractivity contribution < 1.29 is 18.4 Å². The SMILES string of the molecule is COc1ccc(-c2noc(CC(=O)NCCc3ccccc3F)n2)cc1. The summed E-state index contributed by atoms with van der Waals surface area (Å²) in [6.45, 7) is 0.333. The normalized spacial score (nSPS) is 10.5. The van der Waals surface area contributed by atoms with Crippen molar-refractivity contribution >= 4 is 5.91 Å². The summed E-state index contributed by atoms with van der Waals surface area (Å²) in [6.07, 6.45) is 0.389. The van der Waals surface area contributed by atoms with Gasteiger partial charge in [-0.2, -0.15) is 4.98 Å². The third kappa shape index (κ3) is 4.44. The number of carbonyl (C=O) groups is 1. The van der Waals surface area contributed by atoms with Crippen LogP contribution in [0.2, 0.25) is 0 Å². The fourth-order valence-corrected chi connectivity index (χ4v) is 2.42. The fourth-order valence-electron chi connectivity index (χ4n) is 2.42. The molecule has 1 N–H and O–H groups in total.